The normalized spacial score (nSPS) is 10.4. The maximum absolute atomic E-state index is 12.2. The van der Waals surface area contributed by atoms with Crippen LogP contribution in [-0.4, -0.2) is 23.0 Å². The molecule has 3 aromatic rings. The zero-order valence-corrected chi connectivity index (χ0v) is 15.6. The van der Waals surface area contributed by atoms with Crippen molar-refractivity contribution in [2.45, 2.75) is 20.3 Å². The predicted octanol–water partition coefficient (Wildman–Crippen LogP) is 4.14. The number of pyridine rings is 1. The van der Waals surface area contributed by atoms with Crippen molar-refractivity contribution in [2.75, 3.05) is 12.4 Å². The second-order valence-corrected chi connectivity index (χ2v) is 6.89. The molecule has 0 spiro atoms. The van der Waals surface area contributed by atoms with Gasteiger partial charge in [0.05, 0.1) is 36.1 Å². The molecule has 2 heterocycles. The van der Waals surface area contributed by atoms with Crippen molar-refractivity contribution in [2.24, 2.45) is 0 Å². The van der Waals surface area contributed by atoms with Crippen LogP contribution >= 0.6 is 11.3 Å². The van der Waals surface area contributed by atoms with E-state index in [9.17, 15) is 4.79 Å². The molecule has 1 aromatic carbocycles. The average molecular weight is 369 g/mol. The van der Waals surface area contributed by atoms with Crippen molar-refractivity contribution in [3.05, 3.63) is 58.2 Å². The number of amides is 1. The summed E-state index contributed by atoms with van der Waals surface area (Å²) in [5, 5.41) is 3.80. The lowest BCUT2D eigenvalue weighted by atomic mass is 10.3. The van der Waals surface area contributed by atoms with Crippen LogP contribution in [0.25, 0.3) is 0 Å². The van der Waals surface area contributed by atoms with E-state index >= 15 is 0 Å². The summed E-state index contributed by atoms with van der Waals surface area (Å²) < 4.78 is 11.0. The van der Waals surface area contributed by atoms with Crippen LogP contribution in [0.3, 0.4) is 0 Å². The Balaban J connectivity index is 1.62. The van der Waals surface area contributed by atoms with E-state index in [1.165, 1.54) is 0 Å². The number of nitrogens with zero attached hydrogens (tertiary/aromatic N) is 2. The Labute approximate surface area is 155 Å². The molecule has 7 heteroatoms. The van der Waals surface area contributed by atoms with Crippen LogP contribution in [0.1, 0.15) is 15.6 Å². The lowest BCUT2D eigenvalue weighted by molar-refractivity contribution is -0.115. The van der Waals surface area contributed by atoms with Crippen LogP contribution in [0.15, 0.2) is 42.6 Å². The van der Waals surface area contributed by atoms with E-state index in [1.54, 1.807) is 42.8 Å². The number of hydrogen-bond donors (Lipinski definition) is 1. The van der Waals surface area contributed by atoms with E-state index in [4.69, 9.17) is 9.47 Å². The number of aromatic nitrogens is 2. The summed E-state index contributed by atoms with van der Waals surface area (Å²) in [6.07, 6.45) is 1.87. The highest BCUT2D eigenvalue weighted by Gasteiger charge is 2.11. The van der Waals surface area contributed by atoms with Crippen LogP contribution in [0.5, 0.6) is 17.4 Å². The number of aryl methyl sites for hydroxylation is 2. The number of ether oxygens (including phenoxy) is 2. The van der Waals surface area contributed by atoms with Gasteiger partial charge in [0.15, 0.2) is 11.5 Å². The molecule has 0 saturated carbocycles. The highest BCUT2D eigenvalue weighted by atomic mass is 32.1. The van der Waals surface area contributed by atoms with Gasteiger partial charge in [0.25, 0.3) is 0 Å². The molecular weight excluding hydrogens is 350 g/mol. The molecule has 1 amide bonds. The minimum atomic E-state index is -0.100. The summed E-state index contributed by atoms with van der Waals surface area (Å²) in [6.45, 7) is 3.85. The molecule has 0 unspecified atom stereocenters. The maximum Gasteiger partial charge on any atom is 0.229 e. The molecule has 3 rings (SSSR count). The number of methoxy groups -OCH3 is 1. The summed E-state index contributed by atoms with van der Waals surface area (Å²) >= 11 is 1.54. The lowest BCUT2D eigenvalue weighted by Gasteiger charge is -2.10. The molecule has 0 bridgehead atoms. The molecule has 2 aromatic heterocycles. The van der Waals surface area contributed by atoms with E-state index in [2.05, 4.69) is 15.3 Å². The number of thiazole rings is 1. The number of anilines is 1. The first-order chi connectivity index (χ1) is 12.5. The van der Waals surface area contributed by atoms with Crippen molar-refractivity contribution >= 4 is 22.9 Å². The lowest BCUT2D eigenvalue weighted by Crippen LogP contribution is -2.14. The first-order valence-corrected chi connectivity index (χ1v) is 8.86. The van der Waals surface area contributed by atoms with Gasteiger partial charge in [0.2, 0.25) is 11.8 Å². The van der Waals surface area contributed by atoms with E-state index < -0.39 is 0 Å². The number of benzene rings is 1. The second-order valence-electron chi connectivity index (χ2n) is 5.60. The fourth-order valence-electron chi connectivity index (χ4n) is 2.42. The summed E-state index contributed by atoms with van der Waals surface area (Å²) in [4.78, 5) is 21.7. The van der Waals surface area contributed by atoms with Gasteiger partial charge in [-0.05, 0) is 32.0 Å². The van der Waals surface area contributed by atoms with Crippen molar-refractivity contribution in [3.8, 4) is 17.4 Å². The van der Waals surface area contributed by atoms with Crippen LogP contribution in [0.4, 0.5) is 5.69 Å². The summed E-state index contributed by atoms with van der Waals surface area (Å²) in [6, 6.07) is 10.8. The highest BCUT2D eigenvalue weighted by Crippen LogP contribution is 2.30. The third-order valence-corrected chi connectivity index (χ3v) is 4.70. The molecule has 0 atom stereocenters. The number of nitrogens with one attached hydrogen (secondary N) is 1. The molecule has 1 N–H and O–H groups in total. The number of para-hydroxylation sites is 2. The van der Waals surface area contributed by atoms with Gasteiger partial charge in [-0.1, -0.05) is 12.1 Å². The molecule has 0 aliphatic rings. The minimum absolute atomic E-state index is 0.100. The summed E-state index contributed by atoms with van der Waals surface area (Å²) in [5.74, 6) is 1.52. The Hall–Kier alpha value is -2.93. The predicted molar refractivity (Wildman–Crippen MR) is 101 cm³/mol. The third-order valence-electron chi connectivity index (χ3n) is 3.62. The fourth-order valence-corrected chi connectivity index (χ4v) is 3.35. The zero-order valence-electron chi connectivity index (χ0n) is 14.8. The first kappa shape index (κ1) is 17.9. The largest absolute Gasteiger partial charge is 0.493 e. The molecule has 0 fully saturated rings. The van der Waals surface area contributed by atoms with Gasteiger partial charge in [0.1, 0.15) is 0 Å². The van der Waals surface area contributed by atoms with Gasteiger partial charge in [-0.3, -0.25) is 4.79 Å². The van der Waals surface area contributed by atoms with Crippen LogP contribution < -0.4 is 14.8 Å². The summed E-state index contributed by atoms with van der Waals surface area (Å²) in [5.41, 5.74) is 1.52. The Morgan fingerprint density at radius 1 is 1.15 bits per heavy atom. The number of hydrogen-bond acceptors (Lipinski definition) is 6. The Morgan fingerprint density at radius 3 is 2.54 bits per heavy atom. The van der Waals surface area contributed by atoms with E-state index in [-0.39, 0.29) is 5.91 Å². The minimum Gasteiger partial charge on any atom is -0.493 e. The standard InChI is InChI=1S/C19H19N3O3S/c1-12-17(26-13(2)21-12)10-18(23)22-14-8-9-19(20-11-14)25-16-7-5-4-6-15(16)24-3/h4-9,11H,10H2,1-3H3,(H,22,23). The van der Waals surface area contributed by atoms with Crippen LogP contribution in [-0.2, 0) is 11.2 Å². The molecule has 26 heavy (non-hydrogen) atoms. The fraction of sp³-hybridized carbons (Fsp3) is 0.211. The van der Waals surface area contributed by atoms with Gasteiger partial charge < -0.3 is 14.8 Å². The molecule has 6 nitrogen and oxygen atoms in total. The van der Waals surface area contributed by atoms with Crippen molar-refractivity contribution in [3.63, 3.8) is 0 Å². The summed E-state index contributed by atoms with van der Waals surface area (Å²) in [7, 11) is 1.58. The quantitative estimate of drug-likeness (QED) is 0.707. The Morgan fingerprint density at radius 2 is 1.92 bits per heavy atom. The van der Waals surface area contributed by atoms with E-state index in [0.717, 1.165) is 15.6 Å². The van der Waals surface area contributed by atoms with Crippen molar-refractivity contribution in [1.29, 1.82) is 0 Å². The number of rotatable bonds is 6. The molecule has 0 radical (unpaired) electrons. The average Bonchev–Trinajstić information content (AvgIpc) is 2.94. The van der Waals surface area contributed by atoms with Crippen LogP contribution in [0, 0.1) is 13.8 Å². The van der Waals surface area contributed by atoms with E-state index in [0.29, 0.717) is 29.5 Å². The molecule has 0 aliphatic carbocycles. The van der Waals surface area contributed by atoms with Gasteiger partial charge in [-0.15, -0.1) is 11.3 Å². The topological polar surface area (TPSA) is 73.3 Å². The molecule has 134 valence electrons. The number of carbonyl (C=O) groups excluding carboxylic acids is 1. The second kappa shape index (κ2) is 7.97. The Bertz CT molecular complexity index is 907. The third kappa shape index (κ3) is 4.37. The van der Waals surface area contributed by atoms with Gasteiger partial charge in [0, 0.05) is 10.9 Å². The number of carbonyl (C=O) groups is 1. The van der Waals surface area contributed by atoms with Gasteiger partial charge in [-0.25, -0.2) is 9.97 Å². The Kier molecular flexibility index (Phi) is 5.48. The van der Waals surface area contributed by atoms with Crippen LogP contribution in [0.2, 0.25) is 0 Å². The highest BCUT2D eigenvalue weighted by molar-refractivity contribution is 7.11. The van der Waals surface area contributed by atoms with Crippen molar-refractivity contribution in [1.82, 2.24) is 9.97 Å². The SMILES string of the molecule is COc1ccccc1Oc1ccc(NC(=O)Cc2sc(C)nc2C)cn1. The first-order valence-electron chi connectivity index (χ1n) is 8.05. The smallest absolute Gasteiger partial charge is 0.229 e. The van der Waals surface area contributed by atoms with Crippen molar-refractivity contribution < 1.29 is 14.3 Å². The molecular formula is C19H19N3O3S. The van der Waals surface area contributed by atoms with Gasteiger partial charge >= 0.3 is 0 Å². The van der Waals surface area contributed by atoms with E-state index in [1.807, 2.05) is 32.0 Å². The van der Waals surface area contributed by atoms with Gasteiger partial charge in [-0.2, -0.15) is 0 Å². The maximum atomic E-state index is 12.2. The molecule has 0 aliphatic heterocycles. The monoisotopic (exact) mass is 369 g/mol. The molecule has 0 saturated heterocycles. The zero-order chi connectivity index (χ0) is 18.5.